The monoisotopic (exact) mass is 709 g/mol. The molecule has 0 aliphatic rings. The molecule has 0 saturated carbocycles. The predicted molar refractivity (Wildman–Crippen MR) is 233 cm³/mol. The first-order valence-corrected chi connectivity index (χ1v) is 19.6. The number of thiophene rings is 2. The van der Waals surface area contributed by atoms with Crippen LogP contribution in [-0.4, -0.2) is 0 Å². The van der Waals surface area contributed by atoms with Crippen LogP contribution in [0.3, 0.4) is 0 Å². The summed E-state index contributed by atoms with van der Waals surface area (Å²) in [5.41, 5.74) is 8.28. The molecule has 2 aromatic heterocycles. The van der Waals surface area contributed by atoms with E-state index >= 15 is 0 Å². The zero-order chi connectivity index (χ0) is 34.9. The number of hydrogen-bond donors (Lipinski definition) is 0. The smallest absolute Gasteiger partial charge is 0.0468 e. The molecule has 9 aromatic carbocycles. The summed E-state index contributed by atoms with van der Waals surface area (Å²) in [6, 6.07) is 69.2. The quantitative estimate of drug-likeness (QED) is 0.172. The fourth-order valence-corrected chi connectivity index (χ4v) is 10.3. The highest BCUT2D eigenvalue weighted by atomic mass is 32.1. The van der Waals surface area contributed by atoms with E-state index in [-0.39, 0.29) is 0 Å². The molecule has 0 aliphatic carbocycles. The lowest BCUT2D eigenvalue weighted by Gasteiger charge is -2.26. The molecule has 1 nitrogen and oxygen atoms in total. The van der Waals surface area contributed by atoms with Crippen molar-refractivity contribution in [1.29, 1.82) is 0 Å². The molecule has 11 rings (SSSR count). The first kappa shape index (κ1) is 30.4. The van der Waals surface area contributed by atoms with Gasteiger partial charge in [-0.3, -0.25) is 0 Å². The van der Waals surface area contributed by atoms with Gasteiger partial charge in [-0.1, -0.05) is 121 Å². The Balaban J connectivity index is 1.01. The van der Waals surface area contributed by atoms with Crippen LogP contribution in [0.25, 0.3) is 84.1 Å². The first-order valence-electron chi connectivity index (χ1n) is 18.0. The molecule has 0 spiro atoms. The molecule has 2 heterocycles. The number of fused-ring (bicyclic) bond motifs is 9. The molecule has 0 atom stereocenters. The standard InChI is InChI=1S/C50H31NS2/c1-2-10-40-33(8-1)9-7-13-41(40)34-18-24-38(25-19-34)51(39-26-29-48-45(31-39)43-11-3-5-14-46(43)52-48)37-22-16-32(17-23-37)35-20-27-42-36(30-35)21-28-49-50(42)44-12-4-6-15-47(44)53-49/h1-31H. The van der Waals surface area contributed by atoms with Gasteiger partial charge >= 0.3 is 0 Å². The Bertz CT molecular complexity index is 3160. The van der Waals surface area contributed by atoms with Crippen molar-refractivity contribution in [2.24, 2.45) is 0 Å². The van der Waals surface area contributed by atoms with Gasteiger partial charge in [-0.05, 0) is 111 Å². The number of hydrogen-bond acceptors (Lipinski definition) is 3. The van der Waals surface area contributed by atoms with Crippen LogP contribution in [0.2, 0.25) is 0 Å². The lowest BCUT2D eigenvalue weighted by atomic mass is 9.97. The van der Waals surface area contributed by atoms with Gasteiger partial charge in [0.05, 0.1) is 0 Å². The molecule has 11 aromatic rings. The minimum Gasteiger partial charge on any atom is -0.310 e. The number of anilines is 3. The van der Waals surface area contributed by atoms with Crippen LogP contribution in [0, 0.1) is 0 Å². The van der Waals surface area contributed by atoms with Crippen LogP contribution in [0.15, 0.2) is 188 Å². The fourth-order valence-electron chi connectivity index (χ4n) is 8.10. The van der Waals surface area contributed by atoms with Gasteiger partial charge in [0.1, 0.15) is 0 Å². The molecule has 0 bridgehead atoms. The van der Waals surface area contributed by atoms with E-state index in [1.54, 1.807) is 0 Å². The summed E-state index contributed by atoms with van der Waals surface area (Å²) in [4.78, 5) is 2.39. The summed E-state index contributed by atoms with van der Waals surface area (Å²) in [5, 5.41) is 10.4. The summed E-state index contributed by atoms with van der Waals surface area (Å²) >= 11 is 3.73. The first-order chi connectivity index (χ1) is 26.2. The second kappa shape index (κ2) is 12.2. The van der Waals surface area contributed by atoms with Crippen molar-refractivity contribution in [3.05, 3.63) is 188 Å². The summed E-state index contributed by atoms with van der Waals surface area (Å²) in [7, 11) is 0. The van der Waals surface area contributed by atoms with E-state index in [0.717, 1.165) is 17.1 Å². The van der Waals surface area contributed by atoms with E-state index in [1.165, 1.54) is 84.1 Å². The Kier molecular flexibility index (Phi) is 6.97. The van der Waals surface area contributed by atoms with Crippen molar-refractivity contribution in [2.45, 2.75) is 0 Å². The zero-order valence-electron chi connectivity index (χ0n) is 28.7. The van der Waals surface area contributed by atoms with E-state index < -0.39 is 0 Å². The Hall–Kier alpha value is -6.26. The maximum atomic E-state index is 2.39. The van der Waals surface area contributed by atoms with Gasteiger partial charge in [0.2, 0.25) is 0 Å². The molecule has 0 aliphatic heterocycles. The van der Waals surface area contributed by atoms with E-state index in [9.17, 15) is 0 Å². The van der Waals surface area contributed by atoms with Gasteiger partial charge in [-0.25, -0.2) is 0 Å². The highest BCUT2D eigenvalue weighted by Crippen LogP contribution is 2.43. The SMILES string of the molecule is c1ccc2c(-c3ccc(N(c4ccc(-c5ccc6c(ccc7sc8ccccc8c76)c5)cc4)c4ccc5sc6ccccc6c5c4)cc3)cccc2c1. The molecule has 0 saturated heterocycles. The predicted octanol–water partition coefficient (Wildman–Crippen LogP) is 15.5. The Labute approximate surface area is 315 Å². The third-order valence-electron chi connectivity index (χ3n) is 10.7. The van der Waals surface area contributed by atoms with Crippen molar-refractivity contribution in [1.82, 2.24) is 0 Å². The number of rotatable bonds is 5. The fraction of sp³-hybridized carbons (Fsp3) is 0. The van der Waals surface area contributed by atoms with E-state index in [4.69, 9.17) is 0 Å². The molecular formula is C50H31NS2. The minimum atomic E-state index is 1.12. The lowest BCUT2D eigenvalue weighted by Crippen LogP contribution is -2.09. The van der Waals surface area contributed by atoms with Crippen molar-refractivity contribution >= 4 is 102 Å². The normalized spacial score (nSPS) is 11.8. The van der Waals surface area contributed by atoms with Crippen LogP contribution < -0.4 is 4.90 Å². The second-order valence-electron chi connectivity index (χ2n) is 13.7. The van der Waals surface area contributed by atoms with Crippen molar-refractivity contribution in [3.8, 4) is 22.3 Å². The molecular weight excluding hydrogens is 679 g/mol. The zero-order valence-corrected chi connectivity index (χ0v) is 30.3. The third-order valence-corrected chi connectivity index (χ3v) is 12.9. The second-order valence-corrected chi connectivity index (χ2v) is 15.9. The molecule has 0 amide bonds. The number of benzene rings is 9. The van der Waals surface area contributed by atoms with E-state index in [2.05, 4.69) is 193 Å². The molecule has 0 unspecified atom stereocenters. The van der Waals surface area contributed by atoms with Gasteiger partial charge in [0.15, 0.2) is 0 Å². The van der Waals surface area contributed by atoms with Gasteiger partial charge in [-0.15, -0.1) is 22.7 Å². The summed E-state index contributed by atoms with van der Waals surface area (Å²) in [5.74, 6) is 0. The van der Waals surface area contributed by atoms with Crippen LogP contribution in [0.5, 0.6) is 0 Å². The van der Waals surface area contributed by atoms with Crippen LogP contribution in [-0.2, 0) is 0 Å². The van der Waals surface area contributed by atoms with Crippen LogP contribution >= 0.6 is 22.7 Å². The average molecular weight is 710 g/mol. The Morgan fingerprint density at radius 2 is 0.887 bits per heavy atom. The van der Waals surface area contributed by atoms with E-state index in [1.807, 2.05) is 22.7 Å². The minimum absolute atomic E-state index is 1.12. The highest BCUT2D eigenvalue weighted by Gasteiger charge is 2.16. The van der Waals surface area contributed by atoms with Gasteiger partial charge < -0.3 is 4.90 Å². The lowest BCUT2D eigenvalue weighted by molar-refractivity contribution is 1.29. The van der Waals surface area contributed by atoms with Crippen molar-refractivity contribution in [2.75, 3.05) is 4.90 Å². The molecule has 0 fully saturated rings. The van der Waals surface area contributed by atoms with Crippen LogP contribution in [0.1, 0.15) is 0 Å². The average Bonchev–Trinajstić information content (AvgIpc) is 3.80. The van der Waals surface area contributed by atoms with Gasteiger partial charge in [0.25, 0.3) is 0 Å². The van der Waals surface area contributed by atoms with Crippen LogP contribution in [0.4, 0.5) is 17.1 Å². The largest absolute Gasteiger partial charge is 0.310 e. The Morgan fingerprint density at radius 3 is 1.70 bits per heavy atom. The summed E-state index contributed by atoms with van der Waals surface area (Å²) in [6.45, 7) is 0. The summed E-state index contributed by atoms with van der Waals surface area (Å²) in [6.07, 6.45) is 0. The van der Waals surface area contributed by atoms with Gasteiger partial charge in [-0.2, -0.15) is 0 Å². The maximum Gasteiger partial charge on any atom is 0.0468 e. The molecule has 3 heteroatoms. The van der Waals surface area contributed by atoms with Crippen molar-refractivity contribution in [3.63, 3.8) is 0 Å². The molecule has 0 N–H and O–H groups in total. The van der Waals surface area contributed by atoms with E-state index in [0.29, 0.717) is 0 Å². The van der Waals surface area contributed by atoms with Crippen molar-refractivity contribution < 1.29 is 0 Å². The summed E-state index contributed by atoms with van der Waals surface area (Å²) < 4.78 is 5.31. The molecule has 0 radical (unpaired) electrons. The maximum absolute atomic E-state index is 2.39. The highest BCUT2D eigenvalue weighted by molar-refractivity contribution is 7.26. The molecule has 248 valence electrons. The topological polar surface area (TPSA) is 3.24 Å². The third kappa shape index (κ3) is 5.04. The Morgan fingerprint density at radius 1 is 0.302 bits per heavy atom. The number of nitrogens with zero attached hydrogens (tertiary/aromatic N) is 1. The van der Waals surface area contributed by atoms with Gasteiger partial charge in [0, 0.05) is 57.4 Å². The molecule has 53 heavy (non-hydrogen) atoms.